The van der Waals surface area contributed by atoms with Gasteiger partial charge in [0.2, 0.25) is 0 Å². The lowest BCUT2D eigenvalue weighted by molar-refractivity contribution is 0.258. The molecular formula is C20H19N5. The third-order valence-corrected chi connectivity index (χ3v) is 5.57. The van der Waals surface area contributed by atoms with Crippen molar-refractivity contribution in [3.05, 3.63) is 48.0 Å². The van der Waals surface area contributed by atoms with E-state index in [0.717, 1.165) is 36.2 Å². The van der Waals surface area contributed by atoms with Crippen molar-refractivity contribution in [3.8, 4) is 17.2 Å². The van der Waals surface area contributed by atoms with Gasteiger partial charge in [0.15, 0.2) is 0 Å². The maximum Gasteiger partial charge on any atom is 0.140 e. The SMILES string of the molecule is N#Cc1ccc(-c2ccc3c(c2)nc2n3CCN3CCC[C@H]3C2)cn1. The van der Waals surface area contributed by atoms with E-state index in [-0.39, 0.29) is 0 Å². The van der Waals surface area contributed by atoms with Crippen LogP contribution in [0.4, 0.5) is 0 Å². The fraction of sp³-hybridized carbons (Fsp3) is 0.350. The second-order valence-electron chi connectivity index (χ2n) is 6.96. The molecule has 0 aliphatic carbocycles. The summed E-state index contributed by atoms with van der Waals surface area (Å²) in [6.45, 7) is 3.40. The molecule has 0 N–H and O–H groups in total. The quantitative estimate of drug-likeness (QED) is 0.689. The highest BCUT2D eigenvalue weighted by Crippen LogP contribution is 2.29. The van der Waals surface area contributed by atoms with Crippen molar-refractivity contribution in [2.45, 2.75) is 31.8 Å². The normalized spacial score (nSPS) is 20.0. The zero-order valence-electron chi connectivity index (χ0n) is 14.0. The van der Waals surface area contributed by atoms with Gasteiger partial charge >= 0.3 is 0 Å². The smallest absolute Gasteiger partial charge is 0.140 e. The Labute approximate surface area is 146 Å². The van der Waals surface area contributed by atoms with Crippen LogP contribution in [-0.2, 0) is 13.0 Å². The van der Waals surface area contributed by atoms with Crippen molar-refractivity contribution in [1.82, 2.24) is 19.4 Å². The van der Waals surface area contributed by atoms with Crippen molar-refractivity contribution in [2.75, 3.05) is 13.1 Å². The summed E-state index contributed by atoms with van der Waals surface area (Å²) in [5, 5.41) is 8.89. The summed E-state index contributed by atoms with van der Waals surface area (Å²) >= 11 is 0. The molecule has 2 aliphatic heterocycles. The van der Waals surface area contributed by atoms with E-state index in [1.54, 1.807) is 12.3 Å². The van der Waals surface area contributed by atoms with Crippen LogP contribution in [0.2, 0.25) is 0 Å². The number of imidazole rings is 1. The van der Waals surface area contributed by atoms with Crippen molar-refractivity contribution in [3.63, 3.8) is 0 Å². The van der Waals surface area contributed by atoms with Crippen LogP contribution >= 0.6 is 0 Å². The summed E-state index contributed by atoms with van der Waals surface area (Å²) < 4.78 is 2.40. The summed E-state index contributed by atoms with van der Waals surface area (Å²) in [7, 11) is 0. The van der Waals surface area contributed by atoms with Crippen molar-refractivity contribution in [1.29, 1.82) is 5.26 Å². The highest BCUT2D eigenvalue weighted by Gasteiger charge is 2.29. The predicted molar refractivity (Wildman–Crippen MR) is 96.0 cm³/mol. The average molecular weight is 329 g/mol. The minimum absolute atomic E-state index is 0.444. The van der Waals surface area contributed by atoms with Gasteiger partial charge in [0.1, 0.15) is 17.6 Å². The highest BCUT2D eigenvalue weighted by molar-refractivity contribution is 5.82. The molecule has 1 saturated heterocycles. The Balaban J connectivity index is 1.54. The lowest BCUT2D eigenvalue weighted by atomic mass is 10.1. The van der Waals surface area contributed by atoms with Gasteiger partial charge in [0, 0.05) is 37.3 Å². The zero-order chi connectivity index (χ0) is 16.8. The molecule has 5 heteroatoms. The first-order valence-electron chi connectivity index (χ1n) is 8.91. The molecule has 0 amide bonds. The number of hydrogen-bond acceptors (Lipinski definition) is 4. The molecule has 124 valence electrons. The van der Waals surface area contributed by atoms with Gasteiger partial charge < -0.3 is 4.57 Å². The van der Waals surface area contributed by atoms with Crippen molar-refractivity contribution in [2.24, 2.45) is 0 Å². The summed E-state index contributed by atoms with van der Waals surface area (Å²) in [5.74, 6) is 1.22. The summed E-state index contributed by atoms with van der Waals surface area (Å²) in [6, 6.07) is 12.9. The molecule has 0 radical (unpaired) electrons. The molecule has 0 unspecified atom stereocenters. The molecular weight excluding hydrogens is 310 g/mol. The number of rotatable bonds is 1. The van der Waals surface area contributed by atoms with Gasteiger partial charge in [-0.05, 0) is 49.2 Å². The van der Waals surface area contributed by atoms with E-state index in [9.17, 15) is 0 Å². The molecule has 0 bridgehead atoms. The Hall–Kier alpha value is -2.71. The molecule has 25 heavy (non-hydrogen) atoms. The fourth-order valence-electron chi connectivity index (χ4n) is 4.26. The number of aromatic nitrogens is 3. The zero-order valence-corrected chi connectivity index (χ0v) is 14.0. The van der Waals surface area contributed by atoms with Crippen LogP contribution in [0, 0.1) is 11.3 Å². The second kappa shape index (κ2) is 5.68. The van der Waals surface area contributed by atoms with Gasteiger partial charge in [0.25, 0.3) is 0 Å². The molecule has 2 aromatic heterocycles. The summed E-state index contributed by atoms with van der Waals surface area (Å²) in [4.78, 5) is 11.8. The van der Waals surface area contributed by atoms with Crippen LogP contribution in [0.25, 0.3) is 22.2 Å². The van der Waals surface area contributed by atoms with E-state index < -0.39 is 0 Å². The number of benzene rings is 1. The van der Waals surface area contributed by atoms with Gasteiger partial charge in [-0.15, -0.1) is 0 Å². The average Bonchev–Trinajstić information content (AvgIpc) is 3.20. The van der Waals surface area contributed by atoms with E-state index in [4.69, 9.17) is 10.2 Å². The summed E-state index contributed by atoms with van der Waals surface area (Å²) in [5.41, 5.74) is 4.84. The van der Waals surface area contributed by atoms with Crippen LogP contribution in [0.3, 0.4) is 0 Å². The van der Waals surface area contributed by atoms with E-state index >= 15 is 0 Å². The number of nitrogens with zero attached hydrogens (tertiary/aromatic N) is 5. The molecule has 0 saturated carbocycles. The van der Waals surface area contributed by atoms with Gasteiger partial charge in [-0.1, -0.05) is 6.07 Å². The van der Waals surface area contributed by atoms with Crippen LogP contribution in [0.15, 0.2) is 36.5 Å². The first-order chi connectivity index (χ1) is 12.3. The van der Waals surface area contributed by atoms with Crippen molar-refractivity contribution >= 4 is 11.0 Å². The Bertz CT molecular complexity index is 980. The van der Waals surface area contributed by atoms with Crippen LogP contribution in [0.1, 0.15) is 24.4 Å². The molecule has 0 spiro atoms. The lowest BCUT2D eigenvalue weighted by Crippen LogP contribution is -2.30. The van der Waals surface area contributed by atoms with Gasteiger partial charge in [-0.25, -0.2) is 9.97 Å². The van der Waals surface area contributed by atoms with Gasteiger partial charge in [0.05, 0.1) is 11.0 Å². The first-order valence-corrected chi connectivity index (χ1v) is 8.91. The molecule has 3 aromatic rings. The fourth-order valence-corrected chi connectivity index (χ4v) is 4.26. The van der Waals surface area contributed by atoms with E-state index in [1.807, 2.05) is 6.07 Å². The van der Waals surface area contributed by atoms with Gasteiger partial charge in [-0.3, -0.25) is 4.90 Å². The van der Waals surface area contributed by atoms with E-state index in [1.165, 1.54) is 30.7 Å². The third-order valence-electron chi connectivity index (χ3n) is 5.57. The molecule has 1 aromatic carbocycles. The molecule has 1 fully saturated rings. The van der Waals surface area contributed by atoms with E-state index in [2.05, 4.69) is 38.7 Å². The molecule has 1 atom stereocenters. The highest BCUT2D eigenvalue weighted by atomic mass is 15.2. The Kier molecular flexibility index (Phi) is 3.32. The molecule has 5 nitrogen and oxygen atoms in total. The topological polar surface area (TPSA) is 57.7 Å². The van der Waals surface area contributed by atoms with Crippen LogP contribution in [0.5, 0.6) is 0 Å². The number of fused-ring (bicyclic) bond motifs is 4. The second-order valence-corrected chi connectivity index (χ2v) is 6.96. The van der Waals surface area contributed by atoms with E-state index in [0.29, 0.717) is 11.7 Å². The first kappa shape index (κ1) is 14.6. The minimum Gasteiger partial charge on any atom is -0.327 e. The molecule has 4 heterocycles. The Morgan fingerprint density at radius 2 is 2.00 bits per heavy atom. The monoisotopic (exact) mass is 329 g/mol. The maximum atomic E-state index is 8.89. The summed E-state index contributed by atoms with van der Waals surface area (Å²) in [6.07, 6.45) is 5.44. The minimum atomic E-state index is 0.444. The standard InChI is InChI=1S/C20H19N5/c21-12-16-5-3-15(13-22-16)14-4-6-19-18(10-14)23-20-11-17-2-1-7-24(17)8-9-25(19)20/h3-6,10,13,17H,1-2,7-9,11H2/t17-/m0/s1. The molecule has 5 rings (SSSR count). The maximum absolute atomic E-state index is 8.89. The number of pyridine rings is 1. The number of hydrogen-bond donors (Lipinski definition) is 0. The van der Waals surface area contributed by atoms with Crippen LogP contribution < -0.4 is 0 Å². The van der Waals surface area contributed by atoms with Crippen molar-refractivity contribution < 1.29 is 0 Å². The largest absolute Gasteiger partial charge is 0.327 e. The van der Waals surface area contributed by atoms with Gasteiger partial charge in [-0.2, -0.15) is 5.26 Å². The van der Waals surface area contributed by atoms with Crippen LogP contribution in [-0.4, -0.2) is 38.6 Å². The Morgan fingerprint density at radius 1 is 1.08 bits per heavy atom. The Morgan fingerprint density at radius 3 is 2.84 bits per heavy atom. The molecule has 2 aliphatic rings. The predicted octanol–water partition coefficient (Wildman–Crippen LogP) is 2.99. The lowest BCUT2D eigenvalue weighted by Gasteiger charge is -2.20. The number of nitriles is 1. The third kappa shape index (κ3) is 2.41.